The Kier molecular flexibility index (Phi) is 3.99. The summed E-state index contributed by atoms with van der Waals surface area (Å²) in [6.07, 6.45) is -0.0360. The van der Waals surface area contributed by atoms with Crippen molar-refractivity contribution in [3.05, 3.63) is 28.8 Å². The van der Waals surface area contributed by atoms with Crippen molar-refractivity contribution in [1.82, 2.24) is 0 Å². The van der Waals surface area contributed by atoms with E-state index in [-0.39, 0.29) is 29.4 Å². The van der Waals surface area contributed by atoms with E-state index in [4.69, 9.17) is 16.7 Å². The molecule has 1 aromatic rings. The molecule has 1 fully saturated rings. The molecule has 2 rings (SSSR count). The summed E-state index contributed by atoms with van der Waals surface area (Å²) in [5.41, 5.74) is 0.0208. The highest BCUT2D eigenvalue weighted by Crippen LogP contribution is 2.33. The molecule has 1 aliphatic rings. The summed E-state index contributed by atoms with van der Waals surface area (Å²) >= 11 is 5.78. The van der Waals surface area contributed by atoms with Gasteiger partial charge in [-0.25, -0.2) is 22.3 Å². The molecule has 0 spiro atoms. The maximum atomic E-state index is 13.2. The van der Waals surface area contributed by atoms with Gasteiger partial charge in [-0.2, -0.15) is 0 Å². The summed E-state index contributed by atoms with van der Waals surface area (Å²) in [5, 5.41) is 4.81. The van der Waals surface area contributed by atoms with Crippen LogP contribution in [-0.4, -0.2) is 26.6 Å². The Bertz CT molecular complexity index is 666. The summed E-state index contributed by atoms with van der Waals surface area (Å²) in [5.74, 6) is -3.51. The number of carbonyl (C=O) groups is 1. The lowest BCUT2D eigenvalue weighted by Crippen LogP contribution is -2.27. The third-order valence-electron chi connectivity index (χ3n) is 2.95. The molecule has 110 valence electrons. The summed E-state index contributed by atoms with van der Waals surface area (Å²) in [4.78, 5) is 13.0. The minimum absolute atomic E-state index is 0.0208. The first kappa shape index (κ1) is 15.1. The number of hydrogen-bond donors (Lipinski definition) is 1. The van der Waals surface area contributed by atoms with Gasteiger partial charge in [0.15, 0.2) is 11.6 Å². The average molecular weight is 325 g/mol. The number of carbonyl (C=O) groups excluding carboxylic acids is 1. The van der Waals surface area contributed by atoms with Crippen LogP contribution in [0.15, 0.2) is 12.1 Å². The number of sulfonamides is 1. The average Bonchev–Trinajstić information content (AvgIpc) is 2.62. The number of nitrogens with two attached hydrogens (primary N) is 1. The molecule has 2 N–H and O–H groups in total. The highest BCUT2D eigenvalue weighted by atomic mass is 35.5. The fraction of sp³-hybridized carbons (Fsp3) is 0.364. The Labute approximate surface area is 119 Å². The van der Waals surface area contributed by atoms with Crippen LogP contribution in [0.3, 0.4) is 0 Å². The fourth-order valence-electron chi connectivity index (χ4n) is 2.17. The molecular weight excluding hydrogens is 314 g/mol. The normalized spacial score (nSPS) is 19.7. The smallest absolute Gasteiger partial charge is 0.227 e. The molecule has 0 bridgehead atoms. The van der Waals surface area contributed by atoms with Crippen molar-refractivity contribution >= 4 is 33.2 Å². The zero-order chi connectivity index (χ0) is 15.1. The van der Waals surface area contributed by atoms with Crippen LogP contribution in [0.2, 0.25) is 5.02 Å². The van der Waals surface area contributed by atoms with E-state index >= 15 is 0 Å². The van der Waals surface area contributed by atoms with Crippen LogP contribution in [0.25, 0.3) is 0 Å². The molecule has 0 aromatic heterocycles. The van der Waals surface area contributed by atoms with Gasteiger partial charge in [-0.05, 0) is 6.07 Å². The number of benzene rings is 1. The third kappa shape index (κ3) is 3.25. The maximum Gasteiger partial charge on any atom is 0.227 e. The van der Waals surface area contributed by atoms with Gasteiger partial charge in [-0.1, -0.05) is 11.6 Å². The molecule has 1 amide bonds. The van der Waals surface area contributed by atoms with E-state index in [2.05, 4.69) is 0 Å². The van der Waals surface area contributed by atoms with E-state index in [1.807, 2.05) is 0 Å². The number of hydrogen-bond acceptors (Lipinski definition) is 3. The molecular formula is C11H11ClF2N2O3S. The second-order valence-corrected chi connectivity index (χ2v) is 6.69. The number of rotatable bonds is 3. The predicted molar refractivity (Wildman–Crippen MR) is 69.8 cm³/mol. The fourth-order valence-corrected chi connectivity index (χ4v) is 3.31. The van der Waals surface area contributed by atoms with Gasteiger partial charge in [0.1, 0.15) is 0 Å². The summed E-state index contributed by atoms with van der Waals surface area (Å²) in [7, 11) is -3.71. The minimum Gasteiger partial charge on any atom is -0.310 e. The topological polar surface area (TPSA) is 80.5 Å². The standard InChI is InChI=1S/C11H11ClF2N2O3S/c12-7-2-8(13)9(14)3-10(7)16-4-6(1-11(16)17)5-20(15,18)19/h2-3,6H,1,4-5H2,(H2,15,18,19). The van der Waals surface area contributed by atoms with Gasteiger partial charge in [0.25, 0.3) is 0 Å². The van der Waals surface area contributed by atoms with E-state index < -0.39 is 33.5 Å². The van der Waals surface area contributed by atoms with Gasteiger partial charge in [0.05, 0.1) is 16.5 Å². The van der Waals surface area contributed by atoms with Crippen LogP contribution < -0.4 is 10.0 Å². The SMILES string of the molecule is NS(=O)(=O)CC1CC(=O)N(c2cc(F)c(F)cc2Cl)C1. The first-order chi connectivity index (χ1) is 9.17. The number of anilines is 1. The summed E-state index contributed by atoms with van der Waals surface area (Å²) in [6, 6.07) is 1.58. The summed E-state index contributed by atoms with van der Waals surface area (Å²) in [6.45, 7) is 0.0417. The molecule has 1 aliphatic heterocycles. The highest BCUT2D eigenvalue weighted by molar-refractivity contribution is 7.89. The van der Waals surface area contributed by atoms with E-state index in [9.17, 15) is 22.0 Å². The lowest BCUT2D eigenvalue weighted by Gasteiger charge is -2.18. The van der Waals surface area contributed by atoms with Crippen LogP contribution in [0, 0.1) is 17.6 Å². The molecule has 1 atom stereocenters. The second kappa shape index (κ2) is 5.27. The zero-order valence-electron chi connectivity index (χ0n) is 10.1. The van der Waals surface area contributed by atoms with Crippen molar-refractivity contribution < 1.29 is 22.0 Å². The van der Waals surface area contributed by atoms with E-state index in [1.165, 1.54) is 0 Å². The number of nitrogens with zero attached hydrogens (tertiary/aromatic N) is 1. The maximum absolute atomic E-state index is 13.2. The van der Waals surface area contributed by atoms with Gasteiger partial charge in [0.2, 0.25) is 15.9 Å². The van der Waals surface area contributed by atoms with Crippen LogP contribution in [0.5, 0.6) is 0 Å². The highest BCUT2D eigenvalue weighted by Gasteiger charge is 2.34. The van der Waals surface area contributed by atoms with Crippen LogP contribution in [0.4, 0.5) is 14.5 Å². The molecule has 1 aromatic carbocycles. The van der Waals surface area contributed by atoms with Gasteiger partial charge in [-0.3, -0.25) is 4.79 Å². The molecule has 0 radical (unpaired) electrons. The number of amides is 1. The van der Waals surface area contributed by atoms with Gasteiger partial charge >= 0.3 is 0 Å². The van der Waals surface area contributed by atoms with Crippen LogP contribution >= 0.6 is 11.6 Å². The molecule has 0 saturated carbocycles. The number of primary sulfonamides is 1. The lowest BCUT2D eigenvalue weighted by molar-refractivity contribution is -0.117. The predicted octanol–water partition coefficient (Wildman–Crippen LogP) is 1.26. The van der Waals surface area contributed by atoms with Crippen molar-refractivity contribution in [2.24, 2.45) is 11.1 Å². The van der Waals surface area contributed by atoms with Crippen molar-refractivity contribution in [2.45, 2.75) is 6.42 Å². The Morgan fingerprint density at radius 2 is 1.95 bits per heavy atom. The first-order valence-electron chi connectivity index (χ1n) is 5.63. The minimum atomic E-state index is -3.71. The second-order valence-electron chi connectivity index (χ2n) is 4.62. The Morgan fingerprint density at radius 1 is 1.35 bits per heavy atom. The molecule has 1 heterocycles. The van der Waals surface area contributed by atoms with Gasteiger partial charge in [0, 0.05) is 24.9 Å². The van der Waals surface area contributed by atoms with Crippen LogP contribution in [0.1, 0.15) is 6.42 Å². The monoisotopic (exact) mass is 324 g/mol. The quantitative estimate of drug-likeness (QED) is 0.850. The van der Waals surface area contributed by atoms with Crippen molar-refractivity contribution in [3.63, 3.8) is 0 Å². The van der Waals surface area contributed by atoms with Crippen molar-refractivity contribution in [1.29, 1.82) is 0 Å². The molecule has 9 heteroatoms. The molecule has 20 heavy (non-hydrogen) atoms. The number of halogens is 3. The lowest BCUT2D eigenvalue weighted by atomic mass is 10.1. The van der Waals surface area contributed by atoms with Gasteiger partial charge in [-0.15, -0.1) is 0 Å². The molecule has 5 nitrogen and oxygen atoms in total. The molecule has 0 aliphatic carbocycles. The Hall–Kier alpha value is -1.25. The van der Waals surface area contributed by atoms with E-state index in [1.54, 1.807) is 0 Å². The van der Waals surface area contributed by atoms with E-state index in [0.717, 1.165) is 17.0 Å². The summed E-state index contributed by atoms with van der Waals surface area (Å²) < 4.78 is 48.2. The Balaban J connectivity index is 2.26. The Morgan fingerprint density at radius 3 is 2.55 bits per heavy atom. The van der Waals surface area contributed by atoms with Crippen LogP contribution in [-0.2, 0) is 14.8 Å². The van der Waals surface area contributed by atoms with Crippen molar-refractivity contribution in [2.75, 3.05) is 17.2 Å². The van der Waals surface area contributed by atoms with E-state index in [0.29, 0.717) is 0 Å². The third-order valence-corrected chi connectivity index (χ3v) is 4.19. The largest absolute Gasteiger partial charge is 0.310 e. The van der Waals surface area contributed by atoms with Gasteiger partial charge < -0.3 is 4.90 Å². The molecule has 1 unspecified atom stereocenters. The first-order valence-corrected chi connectivity index (χ1v) is 7.72. The van der Waals surface area contributed by atoms with Crippen molar-refractivity contribution in [3.8, 4) is 0 Å². The molecule has 1 saturated heterocycles. The zero-order valence-corrected chi connectivity index (χ0v) is 11.7.